The lowest BCUT2D eigenvalue weighted by atomic mass is 9.95. The van der Waals surface area contributed by atoms with Crippen LogP contribution in [0.5, 0.6) is 0 Å². The zero-order valence-corrected chi connectivity index (χ0v) is 17.3. The van der Waals surface area contributed by atoms with E-state index in [2.05, 4.69) is 28.1 Å². The normalized spacial score (nSPS) is 23.9. The lowest BCUT2D eigenvalue weighted by Crippen LogP contribution is -2.50. The molecular formula is C23H29N5O2. The van der Waals surface area contributed by atoms with E-state index in [1.165, 1.54) is 0 Å². The van der Waals surface area contributed by atoms with Crippen molar-refractivity contribution in [3.05, 3.63) is 59.9 Å². The summed E-state index contributed by atoms with van der Waals surface area (Å²) >= 11 is 0. The zero-order chi connectivity index (χ0) is 20.9. The molecule has 0 bridgehead atoms. The molecular weight excluding hydrogens is 378 g/mol. The Hall–Kier alpha value is -2.77. The van der Waals surface area contributed by atoms with Gasteiger partial charge in [0.25, 0.3) is 0 Å². The number of amides is 2. The van der Waals surface area contributed by atoms with Crippen molar-refractivity contribution in [2.75, 3.05) is 18.4 Å². The molecule has 7 heteroatoms. The van der Waals surface area contributed by atoms with Crippen LogP contribution in [-0.2, 0) is 16.0 Å². The number of nitrogens with zero attached hydrogens (tertiary/aromatic N) is 2. The third kappa shape index (κ3) is 4.52. The largest absolute Gasteiger partial charge is 0.341 e. The quantitative estimate of drug-likeness (QED) is 0.709. The lowest BCUT2D eigenvalue weighted by Gasteiger charge is -2.33. The molecule has 2 aliphatic rings. The van der Waals surface area contributed by atoms with E-state index in [1.807, 2.05) is 47.5 Å². The van der Waals surface area contributed by atoms with Crippen LogP contribution in [0.2, 0.25) is 0 Å². The molecule has 3 heterocycles. The van der Waals surface area contributed by atoms with Crippen LogP contribution >= 0.6 is 0 Å². The van der Waals surface area contributed by atoms with Crippen LogP contribution < -0.4 is 16.2 Å². The molecule has 2 fully saturated rings. The Balaban J connectivity index is 1.35. The molecule has 1 aromatic carbocycles. The topological polar surface area (TPSA) is 86.4 Å². The molecule has 3 unspecified atom stereocenters. The van der Waals surface area contributed by atoms with Gasteiger partial charge in [-0.2, -0.15) is 0 Å². The summed E-state index contributed by atoms with van der Waals surface area (Å²) in [6.45, 7) is 3.24. The fraction of sp³-hybridized carbons (Fsp3) is 0.435. The number of para-hydroxylation sites is 1. The molecule has 7 nitrogen and oxygen atoms in total. The summed E-state index contributed by atoms with van der Waals surface area (Å²) in [4.78, 5) is 32.0. The standard InChI is InChI=1S/C23H29N5O2/c1-2-16-7-3-4-10-19(16)25-22(29)18-9-6-12-28(15-18)23(30)21-13-20(26-27-21)17-8-5-11-24-14-17/h3-5,7-8,10-11,14,18,20-21,26-27H,2,6,9,12-13,15H2,1H3,(H,25,29). The number of carbonyl (C=O) groups is 2. The summed E-state index contributed by atoms with van der Waals surface area (Å²) in [6, 6.07) is 11.6. The number of aryl methyl sites for hydroxylation is 1. The van der Waals surface area contributed by atoms with Crippen molar-refractivity contribution in [3.8, 4) is 0 Å². The van der Waals surface area contributed by atoms with Crippen molar-refractivity contribution in [1.82, 2.24) is 20.7 Å². The van der Waals surface area contributed by atoms with Gasteiger partial charge in [-0.1, -0.05) is 31.2 Å². The van der Waals surface area contributed by atoms with Crippen LogP contribution in [0, 0.1) is 5.92 Å². The van der Waals surface area contributed by atoms with E-state index < -0.39 is 0 Å². The summed E-state index contributed by atoms with van der Waals surface area (Å²) in [5.74, 6) is -0.129. The third-order valence-corrected chi connectivity index (χ3v) is 6.05. The van der Waals surface area contributed by atoms with Crippen LogP contribution in [0.3, 0.4) is 0 Å². The van der Waals surface area contributed by atoms with Crippen molar-refractivity contribution in [1.29, 1.82) is 0 Å². The highest BCUT2D eigenvalue weighted by molar-refractivity contribution is 5.94. The van der Waals surface area contributed by atoms with Crippen LogP contribution in [0.1, 0.15) is 43.4 Å². The van der Waals surface area contributed by atoms with E-state index in [4.69, 9.17) is 0 Å². The number of benzene rings is 1. The molecule has 0 aliphatic carbocycles. The summed E-state index contributed by atoms with van der Waals surface area (Å²) in [5, 5.41) is 3.08. The van der Waals surface area contributed by atoms with Crippen LogP contribution in [-0.4, -0.2) is 40.8 Å². The van der Waals surface area contributed by atoms with Gasteiger partial charge < -0.3 is 10.2 Å². The number of piperidine rings is 1. The van der Waals surface area contributed by atoms with Gasteiger partial charge in [0.1, 0.15) is 6.04 Å². The Morgan fingerprint density at radius 3 is 2.87 bits per heavy atom. The molecule has 2 amide bonds. The maximum absolute atomic E-state index is 13.1. The van der Waals surface area contributed by atoms with Crippen molar-refractivity contribution >= 4 is 17.5 Å². The van der Waals surface area contributed by atoms with E-state index in [-0.39, 0.29) is 29.8 Å². The van der Waals surface area contributed by atoms with Crippen molar-refractivity contribution < 1.29 is 9.59 Å². The third-order valence-electron chi connectivity index (χ3n) is 6.05. The number of pyridine rings is 1. The van der Waals surface area contributed by atoms with Gasteiger partial charge in [0.15, 0.2) is 0 Å². The number of likely N-dealkylation sites (tertiary alicyclic amines) is 1. The fourth-order valence-electron chi connectivity index (χ4n) is 4.32. The number of carbonyl (C=O) groups excluding carboxylic acids is 2. The number of hydrogen-bond acceptors (Lipinski definition) is 5. The van der Waals surface area contributed by atoms with E-state index in [0.717, 1.165) is 36.1 Å². The predicted molar refractivity (Wildman–Crippen MR) is 115 cm³/mol. The molecule has 0 saturated carbocycles. The van der Waals surface area contributed by atoms with Gasteiger partial charge in [-0.3, -0.25) is 14.6 Å². The first-order valence-electron chi connectivity index (χ1n) is 10.7. The van der Waals surface area contributed by atoms with Crippen molar-refractivity contribution in [2.24, 2.45) is 5.92 Å². The van der Waals surface area contributed by atoms with Gasteiger partial charge in [0.05, 0.1) is 5.92 Å². The van der Waals surface area contributed by atoms with Crippen molar-refractivity contribution in [3.63, 3.8) is 0 Å². The first-order valence-corrected chi connectivity index (χ1v) is 10.7. The van der Waals surface area contributed by atoms with Gasteiger partial charge in [-0.25, -0.2) is 10.9 Å². The van der Waals surface area contributed by atoms with E-state index in [9.17, 15) is 9.59 Å². The van der Waals surface area contributed by atoms with Crippen LogP contribution in [0.4, 0.5) is 5.69 Å². The molecule has 1 aromatic heterocycles. The zero-order valence-electron chi connectivity index (χ0n) is 17.3. The Labute approximate surface area is 177 Å². The summed E-state index contributed by atoms with van der Waals surface area (Å²) in [7, 11) is 0. The number of rotatable bonds is 5. The fourth-order valence-corrected chi connectivity index (χ4v) is 4.32. The molecule has 3 N–H and O–H groups in total. The van der Waals surface area contributed by atoms with Crippen molar-refractivity contribution in [2.45, 2.75) is 44.7 Å². The molecule has 0 radical (unpaired) electrons. The number of hydrogen-bond donors (Lipinski definition) is 3. The van der Waals surface area contributed by atoms with Crippen LogP contribution in [0.25, 0.3) is 0 Å². The molecule has 2 aliphatic heterocycles. The highest BCUT2D eigenvalue weighted by atomic mass is 16.2. The highest BCUT2D eigenvalue weighted by Gasteiger charge is 2.36. The molecule has 2 saturated heterocycles. The van der Waals surface area contributed by atoms with E-state index in [0.29, 0.717) is 19.5 Å². The monoisotopic (exact) mass is 407 g/mol. The smallest absolute Gasteiger partial charge is 0.241 e. The maximum atomic E-state index is 13.1. The Kier molecular flexibility index (Phi) is 6.40. The second-order valence-corrected chi connectivity index (χ2v) is 8.04. The molecule has 2 aromatic rings. The molecule has 30 heavy (non-hydrogen) atoms. The van der Waals surface area contributed by atoms with Gasteiger partial charge >= 0.3 is 0 Å². The Bertz CT molecular complexity index is 888. The lowest BCUT2D eigenvalue weighted by molar-refractivity contribution is -0.136. The first kappa shape index (κ1) is 20.5. The molecule has 4 rings (SSSR count). The van der Waals surface area contributed by atoms with Crippen LogP contribution in [0.15, 0.2) is 48.8 Å². The van der Waals surface area contributed by atoms with Gasteiger partial charge in [0, 0.05) is 37.2 Å². The average molecular weight is 408 g/mol. The first-order chi connectivity index (χ1) is 14.7. The van der Waals surface area contributed by atoms with E-state index >= 15 is 0 Å². The second-order valence-electron chi connectivity index (χ2n) is 8.04. The Morgan fingerprint density at radius 1 is 1.20 bits per heavy atom. The van der Waals surface area contributed by atoms with Gasteiger partial charge in [-0.15, -0.1) is 0 Å². The molecule has 3 atom stereocenters. The van der Waals surface area contributed by atoms with Gasteiger partial charge in [0.2, 0.25) is 11.8 Å². The number of anilines is 1. The minimum atomic E-state index is -0.294. The van der Waals surface area contributed by atoms with Gasteiger partial charge in [-0.05, 0) is 48.9 Å². The Morgan fingerprint density at radius 2 is 2.07 bits per heavy atom. The summed E-state index contributed by atoms with van der Waals surface area (Å²) in [5.41, 5.74) is 9.39. The number of aromatic nitrogens is 1. The van der Waals surface area contributed by atoms with E-state index in [1.54, 1.807) is 6.20 Å². The maximum Gasteiger partial charge on any atom is 0.241 e. The predicted octanol–water partition coefficient (Wildman–Crippen LogP) is 2.43. The molecule has 158 valence electrons. The molecule has 0 spiro atoms. The minimum absolute atomic E-state index is 0.000794. The number of nitrogens with one attached hydrogen (secondary N) is 3. The summed E-state index contributed by atoms with van der Waals surface area (Å²) in [6.07, 6.45) is 6.74. The SMILES string of the molecule is CCc1ccccc1NC(=O)C1CCCN(C(=O)C2CC(c3cccnc3)NN2)C1. The second kappa shape index (κ2) is 9.36. The summed E-state index contributed by atoms with van der Waals surface area (Å²) < 4.78 is 0. The number of hydrazine groups is 1. The minimum Gasteiger partial charge on any atom is -0.341 e. The highest BCUT2D eigenvalue weighted by Crippen LogP contribution is 2.25. The average Bonchev–Trinajstić information content (AvgIpc) is 3.30.